The summed E-state index contributed by atoms with van der Waals surface area (Å²) in [6.45, 7) is 4.91. The molecule has 8 heteroatoms. The van der Waals surface area contributed by atoms with Gasteiger partial charge in [-0.25, -0.2) is 13.1 Å². The van der Waals surface area contributed by atoms with Gasteiger partial charge in [0, 0.05) is 29.9 Å². The first-order valence-electron chi connectivity index (χ1n) is 6.81. The zero-order chi connectivity index (χ0) is 14.9. The third-order valence-electron chi connectivity index (χ3n) is 4.02. The van der Waals surface area contributed by atoms with Gasteiger partial charge in [-0.15, -0.1) is 0 Å². The van der Waals surface area contributed by atoms with Crippen LogP contribution in [0.2, 0.25) is 0 Å². The van der Waals surface area contributed by atoms with Gasteiger partial charge in [0.1, 0.15) is 0 Å². The van der Waals surface area contributed by atoms with E-state index in [9.17, 15) is 8.42 Å². The largest absolute Gasteiger partial charge is 0.326 e. The third-order valence-corrected chi connectivity index (χ3v) is 5.52. The summed E-state index contributed by atoms with van der Waals surface area (Å²) < 4.78 is 27.6. The molecule has 0 amide bonds. The third kappa shape index (κ3) is 3.03. The van der Waals surface area contributed by atoms with Crippen LogP contribution in [-0.4, -0.2) is 49.2 Å². The fourth-order valence-corrected chi connectivity index (χ4v) is 4.06. The lowest BCUT2D eigenvalue weighted by atomic mass is 10.0. The summed E-state index contributed by atoms with van der Waals surface area (Å²) in [5.41, 5.74) is 6.86. The normalized spacial score (nSPS) is 25.0. The summed E-state index contributed by atoms with van der Waals surface area (Å²) in [5, 5.41) is 6.61. The first-order valence-corrected chi connectivity index (χ1v) is 8.30. The first-order chi connectivity index (χ1) is 9.35. The monoisotopic (exact) mass is 301 g/mol. The number of hydrogen-bond donors (Lipinski definition) is 3. The SMILES string of the molecule is Cc1[nH]nc(S(=O)(=O)NC2CCN(C)C(C)C2)c1CN. The van der Waals surface area contributed by atoms with E-state index in [0.717, 1.165) is 19.4 Å². The Balaban J connectivity index is 2.15. The van der Waals surface area contributed by atoms with Crippen molar-refractivity contribution < 1.29 is 8.42 Å². The van der Waals surface area contributed by atoms with Gasteiger partial charge in [0.15, 0.2) is 5.03 Å². The molecule has 1 fully saturated rings. The number of aromatic nitrogens is 2. The Morgan fingerprint density at radius 1 is 1.55 bits per heavy atom. The lowest BCUT2D eigenvalue weighted by Crippen LogP contribution is -2.47. The zero-order valence-corrected chi connectivity index (χ0v) is 13.0. The Kier molecular flexibility index (Phi) is 4.48. The number of likely N-dealkylation sites (tertiary alicyclic amines) is 1. The number of piperidine rings is 1. The molecule has 20 heavy (non-hydrogen) atoms. The summed E-state index contributed by atoms with van der Waals surface area (Å²) in [6, 6.07) is 0.320. The summed E-state index contributed by atoms with van der Waals surface area (Å²) in [4.78, 5) is 2.23. The second-order valence-corrected chi connectivity index (χ2v) is 7.14. The summed E-state index contributed by atoms with van der Waals surface area (Å²) in [7, 11) is -1.56. The summed E-state index contributed by atoms with van der Waals surface area (Å²) in [5.74, 6) is 0. The average molecular weight is 301 g/mol. The second kappa shape index (κ2) is 5.80. The molecule has 0 saturated carbocycles. The van der Waals surface area contributed by atoms with Crippen LogP contribution in [0.4, 0.5) is 0 Å². The van der Waals surface area contributed by atoms with Crippen LogP contribution < -0.4 is 10.5 Å². The Morgan fingerprint density at radius 2 is 2.25 bits per heavy atom. The Labute approximate surface area is 120 Å². The van der Waals surface area contributed by atoms with Crippen molar-refractivity contribution in [3.8, 4) is 0 Å². The minimum Gasteiger partial charge on any atom is -0.326 e. The number of nitrogens with zero attached hydrogens (tertiary/aromatic N) is 2. The van der Waals surface area contributed by atoms with Crippen LogP contribution in [0.15, 0.2) is 5.03 Å². The van der Waals surface area contributed by atoms with Crippen LogP contribution in [0.3, 0.4) is 0 Å². The predicted molar refractivity (Wildman–Crippen MR) is 76.7 cm³/mol. The minimum atomic E-state index is -3.61. The molecule has 2 atom stereocenters. The maximum absolute atomic E-state index is 12.4. The highest BCUT2D eigenvalue weighted by Crippen LogP contribution is 2.20. The Morgan fingerprint density at radius 3 is 2.85 bits per heavy atom. The zero-order valence-electron chi connectivity index (χ0n) is 12.2. The number of nitrogens with one attached hydrogen (secondary N) is 2. The number of aromatic amines is 1. The Bertz CT molecular complexity index is 568. The number of H-pyrrole nitrogens is 1. The molecule has 1 aliphatic heterocycles. The van der Waals surface area contributed by atoms with E-state index in [1.165, 1.54) is 0 Å². The van der Waals surface area contributed by atoms with Gasteiger partial charge in [-0.05, 0) is 40.3 Å². The lowest BCUT2D eigenvalue weighted by molar-refractivity contribution is 0.178. The average Bonchev–Trinajstić information content (AvgIpc) is 2.75. The van der Waals surface area contributed by atoms with Gasteiger partial charge in [-0.3, -0.25) is 5.10 Å². The number of hydrogen-bond acceptors (Lipinski definition) is 5. The van der Waals surface area contributed by atoms with Crippen molar-refractivity contribution in [1.29, 1.82) is 0 Å². The molecule has 0 bridgehead atoms. The molecule has 4 N–H and O–H groups in total. The van der Waals surface area contributed by atoms with Crippen LogP contribution >= 0.6 is 0 Å². The van der Waals surface area contributed by atoms with Crippen LogP contribution in [0.5, 0.6) is 0 Å². The molecular weight excluding hydrogens is 278 g/mol. The maximum atomic E-state index is 12.4. The van der Waals surface area contributed by atoms with Gasteiger partial charge in [-0.1, -0.05) is 0 Å². The van der Waals surface area contributed by atoms with Crippen LogP contribution in [0, 0.1) is 6.92 Å². The van der Waals surface area contributed by atoms with Crippen LogP contribution in [-0.2, 0) is 16.6 Å². The standard InChI is InChI=1S/C12H23N5O2S/c1-8-6-10(4-5-17(8)3)16-20(18,19)12-11(7-13)9(2)14-15-12/h8,10,16H,4-7,13H2,1-3H3,(H,14,15). The number of sulfonamides is 1. The van der Waals surface area contributed by atoms with Crippen molar-refractivity contribution in [1.82, 2.24) is 19.8 Å². The van der Waals surface area contributed by atoms with E-state index >= 15 is 0 Å². The lowest BCUT2D eigenvalue weighted by Gasteiger charge is -2.35. The van der Waals surface area contributed by atoms with E-state index in [0.29, 0.717) is 17.3 Å². The van der Waals surface area contributed by atoms with Crippen molar-refractivity contribution >= 4 is 10.0 Å². The molecule has 0 radical (unpaired) electrons. The van der Waals surface area contributed by atoms with Gasteiger partial charge in [0.05, 0.1) is 0 Å². The fraction of sp³-hybridized carbons (Fsp3) is 0.750. The fourth-order valence-electron chi connectivity index (χ4n) is 2.56. The highest BCUT2D eigenvalue weighted by Gasteiger charge is 2.30. The van der Waals surface area contributed by atoms with Gasteiger partial charge >= 0.3 is 0 Å². The highest BCUT2D eigenvalue weighted by molar-refractivity contribution is 7.89. The smallest absolute Gasteiger partial charge is 0.260 e. The molecular formula is C12H23N5O2S. The van der Waals surface area contributed by atoms with Crippen molar-refractivity contribution in [2.45, 2.75) is 50.3 Å². The highest BCUT2D eigenvalue weighted by atomic mass is 32.2. The maximum Gasteiger partial charge on any atom is 0.260 e. The molecule has 1 aliphatic rings. The topological polar surface area (TPSA) is 104 Å². The quantitative estimate of drug-likeness (QED) is 0.722. The molecule has 2 rings (SSSR count). The van der Waals surface area contributed by atoms with E-state index < -0.39 is 10.0 Å². The molecule has 1 aromatic rings. The van der Waals surface area contributed by atoms with Crippen molar-refractivity contribution in [3.05, 3.63) is 11.3 Å². The molecule has 2 heterocycles. The number of nitrogens with two attached hydrogens (primary N) is 1. The van der Waals surface area contributed by atoms with Gasteiger partial charge in [-0.2, -0.15) is 5.10 Å². The van der Waals surface area contributed by atoms with Crippen LogP contribution in [0.25, 0.3) is 0 Å². The van der Waals surface area contributed by atoms with Crippen molar-refractivity contribution in [2.24, 2.45) is 5.73 Å². The number of rotatable bonds is 4. The van der Waals surface area contributed by atoms with Gasteiger partial charge in [0.2, 0.25) is 0 Å². The van der Waals surface area contributed by atoms with E-state index in [1.54, 1.807) is 6.92 Å². The van der Waals surface area contributed by atoms with Crippen molar-refractivity contribution in [3.63, 3.8) is 0 Å². The van der Waals surface area contributed by atoms with Crippen LogP contribution in [0.1, 0.15) is 31.0 Å². The molecule has 0 aliphatic carbocycles. The molecule has 0 aromatic carbocycles. The molecule has 2 unspecified atom stereocenters. The summed E-state index contributed by atoms with van der Waals surface area (Å²) in [6.07, 6.45) is 1.61. The van der Waals surface area contributed by atoms with E-state index in [4.69, 9.17) is 5.73 Å². The number of aryl methyl sites for hydroxylation is 1. The predicted octanol–water partition coefficient (Wildman–Crippen LogP) is -0.0622. The molecule has 1 aromatic heterocycles. The first kappa shape index (κ1) is 15.4. The molecule has 7 nitrogen and oxygen atoms in total. The Hall–Kier alpha value is -0.960. The van der Waals surface area contributed by atoms with E-state index in [-0.39, 0.29) is 17.6 Å². The summed E-state index contributed by atoms with van der Waals surface area (Å²) >= 11 is 0. The van der Waals surface area contributed by atoms with Gasteiger partial charge in [0.25, 0.3) is 10.0 Å². The second-order valence-electron chi connectivity index (χ2n) is 5.51. The van der Waals surface area contributed by atoms with E-state index in [1.807, 2.05) is 0 Å². The van der Waals surface area contributed by atoms with Crippen molar-refractivity contribution in [2.75, 3.05) is 13.6 Å². The van der Waals surface area contributed by atoms with E-state index in [2.05, 4.69) is 33.8 Å². The molecule has 114 valence electrons. The molecule has 1 saturated heterocycles. The van der Waals surface area contributed by atoms with Gasteiger partial charge < -0.3 is 10.6 Å². The molecule has 0 spiro atoms. The minimum absolute atomic E-state index is 0.0316.